The number of rotatable bonds is 8. The Labute approximate surface area is 209 Å². The molecule has 0 aliphatic heterocycles. The number of nitrogens with one attached hydrogen (secondary N) is 1. The lowest BCUT2D eigenvalue weighted by atomic mass is 9.92. The topological polar surface area (TPSA) is 72.5 Å². The Kier molecular flexibility index (Phi) is 8.13. The molecule has 3 aromatic rings. The normalized spacial score (nSPS) is 12.0. The van der Waals surface area contributed by atoms with Gasteiger partial charge in [0.05, 0.1) is 17.1 Å². The molecule has 0 aliphatic carbocycles. The fourth-order valence-electron chi connectivity index (χ4n) is 3.91. The van der Waals surface area contributed by atoms with Crippen molar-refractivity contribution in [3.8, 4) is 16.9 Å². The smallest absolute Gasteiger partial charge is 0.417 e. The molecule has 0 bridgehead atoms. The Hall–Kier alpha value is -3.33. The number of ether oxygens (including phenoxy) is 1. The average molecular weight is 520 g/mol. The number of amides is 1. The lowest BCUT2D eigenvalue weighted by Gasteiger charge is -2.17. The monoisotopic (exact) mass is 519 g/mol. The summed E-state index contributed by atoms with van der Waals surface area (Å²) in [7, 11) is -4.79. The van der Waals surface area contributed by atoms with Crippen molar-refractivity contribution >= 4 is 15.9 Å². The summed E-state index contributed by atoms with van der Waals surface area (Å²) in [6.45, 7) is 8.18. The minimum atomic E-state index is -4.90. The fourth-order valence-corrected chi connectivity index (χ4v) is 5.10. The molecule has 0 heterocycles. The summed E-state index contributed by atoms with van der Waals surface area (Å²) in [5.74, 6) is -0.205. The molecule has 3 aromatic carbocycles. The predicted molar refractivity (Wildman–Crippen MR) is 132 cm³/mol. The largest absolute Gasteiger partial charge is 0.493 e. The first-order chi connectivity index (χ1) is 16.8. The van der Waals surface area contributed by atoms with E-state index in [9.17, 15) is 26.4 Å². The van der Waals surface area contributed by atoms with E-state index >= 15 is 0 Å². The van der Waals surface area contributed by atoms with Crippen LogP contribution in [0.4, 0.5) is 13.2 Å². The van der Waals surface area contributed by atoms with Crippen molar-refractivity contribution in [1.29, 1.82) is 0 Å². The molecule has 0 unspecified atom stereocenters. The van der Waals surface area contributed by atoms with Crippen molar-refractivity contribution in [3.05, 3.63) is 82.9 Å². The second-order valence-electron chi connectivity index (χ2n) is 8.83. The Balaban J connectivity index is 2.04. The molecule has 0 saturated carbocycles. The van der Waals surface area contributed by atoms with Crippen molar-refractivity contribution in [2.45, 2.75) is 45.2 Å². The quantitative estimate of drug-likeness (QED) is 0.374. The lowest BCUT2D eigenvalue weighted by molar-refractivity contribution is -0.139. The summed E-state index contributed by atoms with van der Waals surface area (Å²) in [6, 6.07) is 14.4. The molecule has 36 heavy (non-hydrogen) atoms. The van der Waals surface area contributed by atoms with Crippen LogP contribution in [-0.2, 0) is 22.6 Å². The van der Waals surface area contributed by atoms with Crippen LogP contribution in [0.25, 0.3) is 11.1 Å². The number of hydrogen-bond donors (Lipinski definition) is 1. The molecule has 0 spiro atoms. The summed E-state index contributed by atoms with van der Waals surface area (Å²) >= 11 is 0. The minimum absolute atomic E-state index is 0.0751. The van der Waals surface area contributed by atoms with Gasteiger partial charge in [0.1, 0.15) is 5.75 Å². The zero-order valence-corrected chi connectivity index (χ0v) is 21.3. The van der Waals surface area contributed by atoms with Gasteiger partial charge in [-0.1, -0.05) is 49.7 Å². The molecule has 192 valence electrons. The number of alkyl halides is 3. The molecular weight excluding hydrogens is 491 g/mol. The number of carbonyl (C=O) groups is 1. The number of aryl methyl sites for hydroxylation is 1. The standard InChI is InChI=1S/C27H28F3NO4S/c1-5-35-24-13-10-18(4)15-22(24)19-11-12-21(20(16-19)14-17(2)3)26(32)31-36(33,34)25-9-7-6-8-23(25)27(28,29)30/h6-13,15-17H,5,14H2,1-4H3,(H,31,32). The SMILES string of the molecule is CCOc1ccc(C)cc1-c1ccc(C(=O)NS(=O)(=O)c2ccccc2C(F)(F)F)c(CC(C)C)c1. The van der Waals surface area contributed by atoms with Gasteiger partial charge in [-0.05, 0) is 67.6 Å². The van der Waals surface area contributed by atoms with Gasteiger partial charge in [0.2, 0.25) is 0 Å². The maximum atomic E-state index is 13.4. The molecule has 0 radical (unpaired) electrons. The van der Waals surface area contributed by atoms with Crippen molar-refractivity contribution in [3.63, 3.8) is 0 Å². The van der Waals surface area contributed by atoms with E-state index < -0.39 is 32.6 Å². The summed E-state index contributed by atoms with van der Waals surface area (Å²) in [5, 5.41) is 0. The number of benzene rings is 3. The molecule has 0 aliphatic rings. The Morgan fingerprint density at radius 1 is 1.03 bits per heavy atom. The molecule has 0 atom stereocenters. The van der Waals surface area contributed by atoms with Gasteiger partial charge in [-0.25, -0.2) is 13.1 Å². The first kappa shape index (κ1) is 27.3. The van der Waals surface area contributed by atoms with Crippen molar-refractivity contribution in [2.75, 3.05) is 6.61 Å². The Morgan fingerprint density at radius 2 is 1.72 bits per heavy atom. The van der Waals surface area contributed by atoms with E-state index in [1.165, 1.54) is 12.1 Å². The second kappa shape index (κ2) is 10.7. The van der Waals surface area contributed by atoms with E-state index in [1.54, 1.807) is 12.1 Å². The summed E-state index contributed by atoms with van der Waals surface area (Å²) in [5.41, 5.74) is 1.91. The summed E-state index contributed by atoms with van der Waals surface area (Å²) in [4.78, 5) is 12.1. The average Bonchev–Trinajstić information content (AvgIpc) is 2.79. The Bertz CT molecular complexity index is 1370. The zero-order valence-electron chi connectivity index (χ0n) is 20.4. The van der Waals surface area contributed by atoms with Crippen LogP contribution >= 0.6 is 0 Å². The van der Waals surface area contributed by atoms with E-state index in [2.05, 4.69) is 0 Å². The molecule has 1 N–H and O–H groups in total. The first-order valence-electron chi connectivity index (χ1n) is 11.4. The third-order valence-electron chi connectivity index (χ3n) is 5.43. The molecule has 0 saturated heterocycles. The highest BCUT2D eigenvalue weighted by Gasteiger charge is 2.37. The number of hydrogen-bond acceptors (Lipinski definition) is 4. The molecule has 0 fully saturated rings. The van der Waals surface area contributed by atoms with Crippen LogP contribution in [0.2, 0.25) is 0 Å². The third-order valence-corrected chi connectivity index (χ3v) is 6.82. The maximum absolute atomic E-state index is 13.4. The first-order valence-corrected chi connectivity index (χ1v) is 12.9. The van der Waals surface area contributed by atoms with Crippen LogP contribution < -0.4 is 9.46 Å². The van der Waals surface area contributed by atoms with Crippen LogP contribution in [0.5, 0.6) is 5.75 Å². The Morgan fingerprint density at radius 3 is 2.36 bits per heavy atom. The fraction of sp³-hybridized carbons (Fsp3) is 0.296. The van der Waals surface area contributed by atoms with Gasteiger partial charge in [-0.3, -0.25) is 4.79 Å². The van der Waals surface area contributed by atoms with Gasteiger partial charge in [0.25, 0.3) is 15.9 Å². The van der Waals surface area contributed by atoms with Gasteiger partial charge in [-0.15, -0.1) is 0 Å². The highest BCUT2D eigenvalue weighted by molar-refractivity contribution is 7.90. The molecule has 9 heteroatoms. The molecule has 0 aromatic heterocycles. The highest BCUT2D eigenvalue weighted by atomic mass is 32.2. The van der Waals surface area contributed by atoms with E-state index in [-0.39, 0.29) is 11.5 Å². The highest BCUT2D eigenvalue weighted by Crippen LogP contribution is 2.35. The van der Waals surface area contributed by atoms with Gasteiger partial charge in [-0.2, -0.15) is 13.2 Å². The van der Waals surface area contributed by atoms with Gasteiger partial charge in [0, 0.05) is 11.1 Å². The van der Waals surface area contributed by atoms with Crippen LogP contribution in [0, 0.1) is 12.8 Å². The van der Waals surface area contributed by atoms with Gasteiger partial charge >= 0.3 is 6.18 Å². The van der Waals surface area contributed by atoms with Crippen molar-refractivity contribution in [2.24, 2.45) is 5.92 Å². The summed E-state index contributed by atoms with van der Waals surface area (Å²) in [6.07, 6.45) is -4.45. The molecular formula is C27H28F3NO4S. The van der Waals surface area contributed by atoms with E-state index in [0.717, 1.165) is 28.8 Å². The van der Waals surface area contributed by atoms with E-state index in [1.807, 2.05) is 50.6 Å². The van der Waals surface area contributed by atoms with E-state index in [4.69, 9.17) is 4.74 Å². The van der Waals surface area contributed by atoms with Crippen molar-refractivity contribution in [1.82, 2.24) is 4.72 Å². The number of carbonyl (C=O) groups excluding carboxylic acids is 1. The molecule has 3 rings (SSSR count). The minimum Gasteiger partial charge on any atom is -0.493 e. The summed E-state index contributed by atoms with van der Waals surface area (Å²) < 4.78 is 73.3. The van der Waals surface area contributed by atoms with E-state index in [0.29, 0.717) is 30.4 Å². The van der Waals surface area contributed by atoms with Crippen LogP contribution in [0.3, 0.4) is 0 Å². The van der Waals surface area contributed by atoms with Gasteiger partial charge < -0.3 is 4.74 Å². The zero-order chi connectivity index (χ0) is 26.7. The maximum Gasteiger partial charge on any atom is 0.417 e. The second-order valence-corrected chi connectivity index (χ2v) is 10.5. The van der Waals surface area contributed by atoms with Crippen LogP contribution in [0.1, 0.15) is 47.8 Å². The number of sulfonamides is 1. The number of halogens is 3. The van der Waals surface area contributed by atoms with Crippen LogP contribution in [0.15, 0.2) is 65.6 Å². The third kappa shape index (κ3) is 6.26. The predicted octanol–water partition coefficient (Wildman–Crippen LogP) is 6.40. The van der Waals surface area contributed by atoms with Gasteiger partial charge in [0.15, 0.2) is 0 Å². The van der Waals surface area contributed by atoms with Crippen molar-refractivity contribution < 1.29 is 31.1 Å². The molecule has 5 nitrogen and oxygen atoms in total. The van der Waals surface area contributed by atoms with Crippen LogP contribution in [-0.4, -0.2) is 20.9 Å². The molecule has 1 amide bonds. The lowest BCUT2D eigenvalue weighted by Crippen LogP contribution is -2.32.